The van der Waals surface area contributed by atoms with Gasteiger partial charge >= 0.3 is 6.03 Å². The Hall–Kier alpha value is -1.48. The summed E-state index contributed by atoms with van der Waals surface area (Å²) in [6.45, 7) is 8.71. The zero-order valence-electron chi connectivity index (χ0n) is 13.5. The van der Waals surface area contributed by atoms with Crippen LogP contribution in [0.2, 0.25) is 0 Å². The van der Waals surface area contributed by atoms with Crippen molar-refractivity contribution < 1.29 is 17.9 Å². The SMILES string of the molecule is CCCS(=O)(=O)c1ncn(C(=O)N(CC)CCOC(C)C)n1. The van der Waals surface area contributed by atoms with Crippen molar-refractivity contribution in [2.45, 2.75) is 45.4 Å². The van der Waals surface area contributed by atoms with Crippen molar-refractivity contribution >= 4 is 15.9 Å². The number of sulfone groups is 1. The minimum Gasteiger partial charge on any atom is -0.377 e. The summed E-state index contributed by atoms with van der Waals surface area (Å²) < 4.78 is 30.1. The smallest absolute Gasteiger partial charge is 0.346 e. The lowest BCUT2D eigenvalue weighted by molar-refractivity contribution is 0.0651. The molecule has 0 saturated heterocycles. The standard InChI is InChI=1S/C13H24N4O4S/c1-5-9-22(19,20)12-14-10-17(15-12)13(18)16(6-2)7-8-21-11(3)4/h10-11H,5-9H2,1-4H3. The Morgan fingerprint density at radius 3 is 2.64 bits per heavy atom. The number of hydrogen-bond donors (Lipinski definition) is 0. The summed E-state index contributed by atoms with van der Waals surface area (Å²) in [5.41, 5.74) is 0. The summed E-state index contributed by atoms with van der Waals surface area (Å²) in [5, 5.41) is 3.49. The highest BCUT2D eigenvalue weighted by molar-refractivity contribution is 7.91. The molecular weight excluding hydrogens is 308 g/mol. The van der Waals surface area contributed by atoms with Gasteiger partial charge in [-0.1, -0.05) is 6.92 Å². The first-order valence-corrected chi connectivity index (χ1v) is 9.02. The highest BCUT2D eigenvalue weighted by Crippen LogP contribution is 2.06. The second-order valence-corrected chi connectivity index (χ2v) is 7.08. The van der Waals surface area contributed by atoms with Crippen LogP contribution in [0, 0.1) is 0 Å². The van der Waals surface area contributed by atoms with Gasteiger partial charge in [-0.3, -0.25) is 0 Å². The molecule has 0 spiro atoms. The first-order valence-electron chi connectivity index (χ1n) is 7.37. The third-order valence-corrected chi connectivity index (χ3v) is 4.57. The topological polar surface area (TPSA) is 94.4 Å². The molecule has 1 aromatic heterocycles. The summed E-state index contributed by atoms with van der Waals surface area (Å²) >= 11 is 0. The van der Waals surface area contributed by atoms with E-state index in [9.17, 15) is 13.2 Å². The predicted octanol–water partition coefficient (Wildman–Crippen LogP) is 1.18. The van der Waals surface area contributed by atoms with Gasteiger partial charge in [0, 0.05) is 13.1 Å². The molecule has 1 aromatic rings. The van der Waals surface area contributed by atoms with Gasteiger partial charge in [-0.25, -0.2) is 18.2 Å². The van der Waals surface area contributed by atoms with Gasteiger partial charge in [-0.15, -0.1) is 5.10 Å². The Kier molecular flexibility index (Phi) is 6.95. The van der Waals surface area contributed by atoms with Crippen LogP contribution in [0.25, 0.3) is 0 Å². The first kappa shape index (κ1) is 18.6. The molecule has 8 nitrogen and oxygen atoms in total. The normalized spacial score (nSPS) is 11.9. The number of carbonyl (C=O) groups excluding carboxylic acids is 1. The maximum atomic E-state index is 12.3. The Morgan fingerprint density at radius 2 is 2.09 bits per heavy atom. The average molecular weight is 332 g/mol. The van der Waals surface area contributed by atoms with E-state index in [1.165, 1.54) is 4.90 Å². The lowest BCUT2D eigenvalue weighted by Gasteiger charge is -2.20. The fourth-order valence-corrected chi connectivity index (χ4v) is 2.92. The summed E-state index contributed by atoms with van der Waals surface area (Å²) in [5.74, 6) is -0.0368. The van der Waals surface area contributed by atoms with Crippen molar-refractivity contribution in [3.8, 4) is 0 Å². The van der Waals surface area contributed by atoms with Gasteiger partial charge in [-0.2, -0.15) is 4.68 Å². The number of hydrogen-bond acceptors (Lipinski definition) is 6. The molecule has 126 valence electrons. The molecule has 0 aromatic carbocycles. The second-order valence-electron chi connectivity index (χ2n) is 5.07. The van der Waals surface area contributed by atoms with E-state index >= 15 is 0 Å². The minimum atomic E-state index is -3.52. The Bertz CT molecular complexity index is 583. The van der Waals surface area contributed by atoms with E-state index < -0.39 is 15.9 Å². The van der Waals surface area contributed by atoms with E-state index in [2.05, 4.69) is 10.1 Å². The molecule has 0 bridgehead atoms. The van der Waals surface area contributed by atoms with Gasteiger partial charge in [0.1, 0.15) is 6.33 Å². The predicted molar refractivity (Wildman–Crippen MR) is 81.5 cm³/mol. The number of ether oxygens (including phenoxy) is 1. The van der Waals surface area contributed by atoms with Gasteiger partial charge < -0.3 is 9.64 Å². The van der Waals surface area contributed by atoms with Crippen LogP contribution in [-0.2, 0) is 14.6 Å². The van der Waals surface area contributed by atoms with Gasteiger partial charge in [-0.05, 0) is 27.2 Å². The van der Waals surface area contributed by atoms with Crippen molar-refractivity contribution in [1.29, 1.82) is 0 Å². The molecule has 1 heterocycles. The lowest BCUT2D eigenvalue weighted by Crippen LogP contribution is -2.37. The van der Waals surface area contributed by atoms with Gasteiger partial charge in [0.2, 0.25) is 9.84 Å². The van der Waals surface area contributed by atoms with Gasteiger partial charge in [0.25, 0.3) is 5.16 Å². The zero-order chi connectivity index (χ0) is 16.8. The summed E-state index contributed by atoms with van der Waals surface area (Å²) in [6.07, 6.45) is 1.70. The summed E-state index contributed by atoms with van der Waals surface area (Å²) in [4.78, 5) is 17.5. The molecule has 1 amide bonds. The van der Waals surface area contributed by atoms with Crippen LogP contribution in [0.1, 0.15) is 34.1 Å². The van der Waals surface area contributed by atoms with Crippen molar-refractivity contribution in [2.75, 3.05) is 25.4 Å². The van der Waals surface area contributed by atoms with Crippen molar-refractivity contribution in [3.05, 3.63) is 6.33 Å². The molecule has 0 aliphatic rings. The number of carbonyl (C=O) groups is 1. The number of rotatable bonds is 8. The Labute approximate surface area is 131 Å². The van der Waals surface area contributed by atoms with Gasteiger partial charge in [0.15, 0.2) is 0 Å². The Morgan fingerprint density at radius 1 is 1.41 bits per heavy atom. The number of likely N-dealkylation sites (N-methyl/N-ethyl adjacent to an activating group) is 1. The molecule has 0 radical (unpaired) electrons. The third-order valence-electron chi connectivity index (χ3n) is 2.88. The highest BCUT2D eigenvalue weighted by Gasteiger charge is 2.22. The van der Waals surface area contributed by atoms with E-state index in [1.54, 1.807) is 6.92 Å². The largest absolute Gasteiger partial charge is 0.377 e. The zero-order valence-corrected chi connectivity index (χ0v) is 14.3. The third kappa shape index (κ3) is 5.06. The maximum Gasteiger partial charge on any atom is 0.346 e. The molecule has 0 fully saturated rings. The van der Waals surface area contributed by atoms with E-state index in [1.807, 2.05) is 20.8 Å². The van der Waals surface area contributed by atoms with Crippen LogP contribution in [0.3, 0.4) is 0 Å². The first-order chi connectivity index (χ1) is 10.3. The van der Waals surface area contributed by atoms with E-state index in [0.717, 1.165) is 11.0 Å². The van der Waals surface area contributed by atoms with Crippen molar-refractivity contribution in [2.24, 2.45) is 0 Å². The van der Waals surface area contributed by atoms with Crippen molar-refractivity contribution in [3.63, 3.8) is 0 Å². The van der Waals surface area contributed by atoms with Crippen LogP contribution in [0.15, 0.2) is 11.5 Å². The molecule has 0 aliphatic heterocycles. The van der Waals surface area contributed by atoms with Crippen LogP contribution < -0.4 is 0 Å². The van der Waals surface area contributed by atoms with Crippen LogP contribution in [-0.4, -0.2) is 65.7 Å². The molecule has 0 unspecified atom stereocenters. The maximum absolute atomic E-state index is 12.3. The summed E-state index contributed by atoms with van der Waals surface area (Å²) in [7, 11) is -3.52. The molecule has 22 heavy (non-hydrogen) atoms. The Balaban J connectivity index is 2.78. The molecule has 0 atom stereocenters. The molecular formula is C13H24N4O4S. The lowest BCUT2D eigenvalue weighted by atomic mass is 10.4. The molecule has 9 heteroatoms. The number of nitrogens with zero attached hydrogens (tertiary/aromatic N) is 4. The number of aromatic nitrogens is 3. The fraction of sp³-hybridized carbons (Fsp3) is 0.769. The van der Waals surface area contributed by atoms with E-state index in [4.69, 9.17) is 4.74 Å². The molecule has 0 N–H and O–H groups in total. The second kappa shape index (κ2) is 8.23. The van der Waals surface area contributed by atoms with E-state index in [-0.39, 0.29) is 17.0 Å². The van der Waals surface area contributed by atoms with Gasteiger partial charge in [0.05, 0.1) is 18.5 Å². The number of amides is 1. The van der Waals surface area contributed by atoms with Crippen LogP contribution in [0.4, 0.5) is 4.79 Å². The quantitative estimate of drug-likeness (QED) is 0.709. The van der Waals surface area contributed by atoms with Crippen molar-refractivity contribution in [1.82, 2.24) is 19.7 Å². The summed E-state index contributed by atoms with van der Waals surface area (Å²) in [6, 6.07) is -0.416. The molecule has 0 saturated carbocycles. The van der Waals surface area contributed by atoms with E-state index in [0.29, 0.717) is 26.1 Å². The van der Waals surface area contributed by atoms with Crippen LogP contribution >= 0.6 is 0 Å². The minimum absolute atomic E-state index is 0.0368. The molecule has 0 aliphatic carbocycles. The highest BCUT2D eigenvalue weighted by atomic mass is 32.2. The van der Waals surface area contributed by atoms with Crippen LogP contribution in [0.5, 0.6) is 0 Å². The molecule has 1 rings (SSSR count). The average Bonchev–Trinajstić information content (AvgIpc) is 2.93. The fourth-order valence-electron chi connectivity index (χ4n) is 1.78. The monoisotopic (exact) mass is 332 g/mol.